The number of carbonyl (C=O) groups excluding carboxylic acids is 2. The molecule has 0 saturated heterocycles. The Bertz CT molecular complexity index is 580. The van der Waals surface area contributed by atoms with Crippen molar-refractivity contribution < 1.29 is 14.0 Å². The maximum Gasteiger partial charge on any atom is 0.160 e. The first kappa shape index (κ1) is 19.1. The average molecular weight is 290 g/mol. The van der Waals surface area contributed by atoms with Gasteiger partial charge < -0.3 is 4.42 Å². The predicted octanol–water partition coefficient (Wildman–Crippen LogP) is 4.82. The summed E-state index contributed by atoms with van der Waals surface area (Å²) in [6.45, 7) is 14.7. The Kier molecular flexibility index (Phi) is 7.64. The zero-order chi connectivity index (χ0) is 16.7. The molecule has 0 unspecified atom stereocenters. The number of furan rings is 1. The molecule has 1 aromatic rings. The average Bonchev–Trinajstić information content (AvgIpc) is 2.75. The van der Waals surface area contributed by atoms with Crippen LogP contribution in [0, 0.1) is 13.8 Å². The molecule has 0 aliphatic heterocycles. The fourth-order valence-corrected chi connectivity index (χ4v) is 2.22. The Hall–Kier alpha value is -1.90. The second-order valence-corrected chi connectivity index (χ2v) is 4.91. The molecule has 1 rings (SSSR count). The summed E-state index contributed by atoms with van der Waals surface area (Å²) in [5.41, 5.74) is 3.42. The largest absolute Gasteiger partial charge is 0.466 e. The van der Waals surface area contributed by atoms with Crippen LogP contribution < -0.4 is 0 Å². The van der Waals surface area contributed by atoms with Crippen molar-refractivity contribution in [2.45, 2.75) is 55.4 Å². The van der Waals surface area contributed by atoms with Gasteiger partial charge in [0, 0.05) is 16.7 Å². The van der Waals surface area contributed by atoms with Crippen LogP contribution in [0.25, 0.3) is 5.57 Å². The standard InChI is InChI=1S/C16H20O3.C2H6/c1-9(2)15(8-17)16(12(5)18)11(4)14-7-10(3)19-13(14)6;1-2/h7-8H,1-6H3;1-2H3/b16-11-;. The lowest BCUT2D eigenvalue weighted by atomic mass is 9.91. The Morgan fingerprint density at radius 2 is 1.62 bits per heavy atom. The van der Waals surface area contributed by atoms with Gasteiger partial charge >= 0.3 is 0 Å². The minimum absolute atomic E-state index is 0.112. The van der Waals surface area contributed by atoms with Crippen molar-refractivity contribution in [2.75, 3.05) is 0 Å². The van der Waals surface area contributed by atoms with E-state index in [9.17, 15) is 9.59 Å². The highest BCUT2D eigenvalue weighted by molar-refractivity contribution is 6.11. The van der Waals surface area contributed by atoms with Crippen LogP contribution >= 0.6 is 0 Å². The van der Waals surface area contributed by atoms with Crippen LogP contribution in [0.3, 0.4) is 0 Å². The van der Waals surface area contributed by atoms with Crippen LogP contribution in [0.2, 0.25) is 0 Å². The van der Waals surface area contributed by atoms with E-state index in [0.717, 1.165) is 34.5 Å². The van der Waals surface area contributed by atoms with E-state index in [4.69, 9.17) is 4.42 Å². The molecule has 0 saturated carbocycles. The molecule has 1 heterocycles. The van der Waals surface area contributed by atoms with Crippen LogP contribution in [-0.4, -0.2) is 12.1 Å². The van der Waals surface area contributed by atoms with Crippen molar-refractivity contribution in [2.24, 2.45) is 0 Å². The Labute approximate surface area is 127 Å². The second-order valence-electron chi connectivity index (χ2n) is 4.91. The lowest BCUT2D eigenvalue weighted by Gasteiger charge is -2.10. The van der Waals surface area contributed by atoms with E-state index in [0.29, 0.717) is 11.1 Å². The van der Waals surface area contributed by atoms with Gasteiger partial charge in [0.05, 0.1) is 0 Å². The minimum atomic E-state index is -0.112. The molecular weight excluding hydrogens is 264 g/mol. The third kappa shape index (κ3) is 4.55. The third-order valence-corrected chi connectivity index (χ3v) is 3.10. The summed E-state index contributed by atoms with van der Waals surface area (Å²) in [5.74, 6) is 1.44. The smallest absolute Gasteiger partial charge is 0.160 e. The highest BCUT2D eigenvalue weighted by Crippen LogP contribution is 2.29. The fourth-order valence-electron chi connectivity index (χ4n) is 2.22. The lowest BCUT2D eigenvalue weighted by Crippen LogP contribution is -2.06. The number of hydrogen-bond donors (Lipinski definition) is 0. The summed E-state index contributed by atoms with van der Waals surface area (Å²) in [5, 5.41) is 0. The van der Waals surface area contributed by atoms with Crippen LogP contribution in [0.5, 0.6) is 0 Å². The molecule has 3 nitrogen and oxygen atoms in total. The lowest BCUT2D eigenvalue weighted by molar-refractivity contribution is -0.114. The SMILES string of the molecule is CC.CC(=O)/C(C(C=O)=C(C)C)=C(\C)c1cc(C)oc1C. The number of rotatable bonds is 4. The highest BCUT2D eigenvalue weighted by atomic mass is 16.3. The molecule has 0 aliphatic rings. The number of Topliss-reactive ketones (excluding diaryl/α,β-unsaturated/α-hetero) is 1. The van der Waals surface area contributed by atoms with Crippen molar-refractivity contribution in [3.63, 3.8) is 0 Å². The van der Waals surface area contributed by atoms with E-state index in [2.05, 4.69) is 0 Å². The predicted molar refractivity (Wildman–Crippen MR) is 87.2 cm³/mol. The molecule has 1 aromatic heterocycles. The van der Waals surface area contributed by atoms with Crippen LogP contribution in [-0.2, 0) is 9.59 Å². The first-order chi connectivity index (χ1) is 9.79. The van der Waals surface area contributed by atoms with Crippen molar-refractivity contribution in [1.82, 2.24) is 0 Å². The number of allylic oxidation sites excluding steroid dienone is 4. The molecule has 21 heavy (non-hydrogen) atoms. The first-order valence-electron chi connectivity index (χ1n) is 7.21. The maximum absolute atomic E-state index is 11.9. The van der Waals surface area contributed by atoms with Crippen LogP contribution in [0.1, 0.15) is 58.6 Å². The molecular formula is C18H26O3. The van der Waals surface area contributed by atoms with Gasteiger partial charge in [0.1, 0.15) is 11.5 Å². The summed E-state index contributed by atoms with van der Waals surface area (Å²) < 4.78 is 5.49. The number of aryl methyl sites for hydroxylation is 2. The minimum Gasteiger partial charge on any atom is -0.466 e. The molecule has 0 spiro atoms. The number of hydrogen-bond acceptors (Lipinski definition) is 3. The number of aldehydes is 1. The molecule has 0 fully saturated rings. The molecule has 0 bridgehead atoms. The Morgan fingerprint density at radius 1 is 1.10 bits per heavy atom. The normalized spacial score (nSPS) is 11.0. The summed E-state index contributed by atoms with van der Waals surface area (Å²) in [6.07, 6.45) is 0.748. The van der Waals surface area contributed by atoms with Crippen LogP contribution in [0.4, 0.5) is 0 Å². The van der Waals surface area contributed by atoms with Gasteiger partial charge in [-0.1, -0.05) is 19.4 Å². The van der Waals surface area contributed by atoms with Gasteiger partial charge in [-0.2, -0.15) is 0 Å². The molecule has 0 atom stereocenters. The van der Waals surface area contributed by atoms with Gasteiger partial charge in [-0.15, -0.1) is 0 Å². The Morgan fingerprint density at radius 3 is 1.90 bits per heavy atom. The molecule has 116 valence electrons. The van der Waals surface area contributed by atoms with Gasteiger partial charge in [-0.05, 0) is 53.2 Å². The molecule has 0 amide bonds. The molecule has 0 radical (unpaired) electrons. The third-order valence-electron chi connectivity index (χ3n) is 3.10. The quantitative estimate of drug-likeness (QED) is 0.453. The van der Waals surface area contributed by atoms with E-state index >= 15 is 0 Å². The van der Waals surface area contributed by atoms with Crippen molar-refractivity contribution in [1.29, 1.82) is 0 Å². The zero-order valence-electron chi connectivity index (χ0n) is 14.4. The number of carbonyl (C=O) groups is 2. The van der Waals surface area contributed by atoms with E-state index in [1.807, 2.05) is 54.5 Å². The summed E-state index contributed by atoms with van der Waals surface area (Å²) in [6, 6.07) is 1.89. The van der Waals surface area contributed by atoms with E-state index < -0.39 is 0 Å². The highest BCUT2D eigenvalue weighted by Gasteiger charge is 2.18. The molecule has 3 heteroatoms. The summed E-state index contributed by atoms with van der Waals surface area (Å²) in [7, 11) is 0. The molecule has 0 aliphatic carbocycles. The van der Waals surface area contributed by atoms with Crippen molar-refractivity contribution in [3.8, 4) is 0 Å². The van der Waals surface area contributed by atoms with E-state index in [1.54, 1.807) is 0 Å². The van der Waals surface area contributed by atoms with Gasteiger partial charge in [0.2, 0.25) is 0 Å². The van der Waals surface area contributed by atoms with Gasteiger partial charge in [-0.25, -0.2) is 0 Å². The van der Waals surface area contributed by atoms with E-state index in [1.165, 1.54) is 6.92 Å². The topological polar surface area (TPSA) is 47.3 Å². The van der Waals surface area contributed by atoms with Gasteiger partial charge in [0.15, 0.2) is 12.1 Å². The van der Waals surface area contributed by atoms with Crippen molar-refractivity contribution in [3.05, 3.63) is 39.9 Å². The summed E-state index contributed by atoms with van der Waals surface area (Å²) >= 11 is 0. The van der Waals surface area contributed by atoms with Crippen LogP contribution in [0.15, 0.2) is 27.2 Å². The summed E-state index contributed by atoms with van der Waals surface area (Å²) in [4.78, 5) is 23.2. The second kappa shape index (κ2) is 8.40. The van der Waals surface area contributed by atoms with Gasteiger partial charge in [-0.3, -0.25) is 9.59 Å². The van der Waals surface area contributed by atoms with Gasteiger partial charge in [0.25, 0.3) is 0 Å². The Balaban J connectivity index is 0.00000191. The monoisotopic (exact) mass is 290 g/mol. The zero-order valence-corrected chi connectivity index (χ0v) is 14.4. The fraction of sp³-hybridized carbons (Fsp3) is 0.444. The first-order valence-corrected chi connectivity index (χ1v) is 7.21. The van der Waals surface area contributed by atoms with Crippen molar-refractivity contribution >= 4 is 17.6 Å². The number of ketones is 1. The molecule has 0 aromatic carbocycles. The molecule has 0 N–H and O–H groups in total. The maximum atomic E-state index is 11.9. The van der Waals surface area contributed by atoms with E-state index in [-0.39, 0.29) is 5.78 Å².